The van der Waals surface area contributed by atoms with Gasteiger partial charge in [-0.1, -0.05) is 19.3 Å². The Kier molecular flexibility index (Phi) is 4.04. The van der Waals surface area contributed by atoms with Gasteiger partial charge < -0.3 is 5.11 Å². The number of rotatable bonds is 4. The summed E-state index contributed by atoms with van der Waals surface area (Å²) in [5.41, 5.74) is 0.0283. The third-order valence-corrected chi connectivity index (χ3v) is 5.09. The fourth-order valence-corrected chi connectivity index (χ4v) is 3.72. The Hall–Kier alpha value is -1.63. The lowest BCUT2D eigenvalue weighted by Gasteiger charge is -2.22. The zero-order valence-corrected chi connectivity index (χ0v) is 11.2. The summed E-state index contributed by atoms with van der Waals surface area (Å²) >= 11 is 0. The third-order valence-electron chi connectivity index (χ3n) is 3.25. The summed E-state index contributed by atoms with van der Waals surface area (Å²) in [5.74, 6) is -0.926. The van der Waals surface area contributed by atoms with Gasteiger partial charge in [-0.25, -0.2) is 18.2 Å². The van der Waals surface area contributed by atoms with Crippen molar-refractivity contribution in [3.8, 4) is 0 Å². The number of nitrogens with one attached hydrogen (secondary N) is 1. The van der Waals surface area contributed by atoms with Crippen LogP contribution in [0, 0.1) is 0 Å². The Morgan fingerprint density at radius 3 is 2.47 bits per heavy atom. The van der Waals surface area contributed by atoms with Crippen LogP contribution in [0.5, 0.6) is 0 Å². The molecule has 0 aliphatic heterocycles. The second-order valence-electron chi connectivity index (χ2n) is 4.64. The second-order valence-corrected chi connectivity index (χ2v) is 6.61. The summed E-state index contributed by atoms with van der Waals surface area (Å²) in [5, 5.41) is 8.36. The summed E-state index contributed by atoms with van der Waals surface area (Å²) in [6, 6.07) is 2.69. The minimum absolute atomic E-state index is 0.0283. The molecule has 104 valence electrons. The highest BCUT2D eigenvalue weighted by Gasteiger charge is 2.27. The molecule has 0 amide bonds. The maximum atomic E-state index is 12.1. The molecule has 1 saturated carbocycles. The number of carbonyl (C=O) groups is 1. The van der Waals surface area contributed by atoms with Crippen LogP contribution in [0.25, 0.3) is 0 Å². The molecule has 0 spiro atoms. The molecule has 2 N–H and O–H groups in total. The maximum absolute atomic E-state index is 12.1. The van der Waals surface area contributed by atoms with E-state index in [4.69, 9.17) is 5.11 Å². The van der Waals surface area contributed by atoms with Gasteiger partial charge in [-0.2, -0.15) is 0 Å². The Morgan fingerprint density at radius 2 is 1.95 bits per heavy atom. The van der Waals surface area contributed by atoms with Crippen molar-refractivity contribution in [1.82, 2.24) is 4.98 Å². The highest BCUT2D eigenvalue weighted by molar-refractivity contribution is 7.93. The van der Waals surface area contributed by atoms with Crippen LogP contribution >= 0.6 is 0 Å². The van der Waals surface area contributed by atoms with Crippen LogP contribution < -0.4 is 4.72 Å². The van der Waals surface area contributed by atoms with Crippen molar-refractivity contribution in [1.29, 1.82) is 0 Å². The molecule has 0 aromatic carbocycles. The molecule has 1 heterocycles. The van der Waals surface area contributed by atoms with Crippen molar-refractivity contribution >= 4 is 21.8 Å². The van der Waals surface area contributed by atoms with Gasteiger partial charge in [0.15, 0.2) is 0 Å². The van der Waals surface area contributed by atoms with Gasteiger partial charge >= 0.3 is 5.97 Å². The molecule has 0 radical (unpaired) electrons. The van der Waals surface area contributed by atoms with Crippen molar-refractivity contribution in [2.24, 2.45) is 0 Å². The lowest BCUT2D eigenvalue weighted by molar-refractivity contribution is 0.0696. The van der Waals surface area contributed by atoms with Crippen molar-refractivity contribution < 1.29 is 18.3 Å². The number of hydrogen-bond acceptors (Lipinski definition) is 4. The molecule has 1 aromatic rings. The van der Waals surface area contributed by atoms with Gasteiger partial charge in [0.25, 0.3) is 0 Å². The van der Waals surface area contributed by atoms with Crippen LogP contribution in [0.2, 0.25) is 0 Å². The Balaban J connectivity index is 2.09. The second kappa shape index (κ2) is 5.56. The van der Waals surface area contributed by atoms with Crippen LogP contribution in [-0.2, 0) is 10.0 Å². The van der Waals surface area contributed by atoms with Crippen LogP contribution in [-0.4, -0.2) is 29.7 Å². The van der Waals surface area contributed by atoms with Gasteiger partial charge in [0, 0.05) is 6.20 Å². The standard InChI is InChI=1S/C12H16N2O4S/c15-12(16)9-6-7-11(13-8-9)14-19(17,18)10-4-2-1-3-5-10/h6-8,10H,1-5H2,(H,13,14)(H,15,16). The van der Waals surface area contributed by atoms with Crippen molar-refractivity contribution in [2.75, 3.05) is 4.72 Å². The summed E-state index contributed by atoms with van der Waals surface area (Å²) in [6.45, 7) is 0. The van der Waals surface area contributed by atoms with Crippen LogP contribution in [0.3, 0.4) is 0 Å². The lowest BCUT2D eigenvalue weighted by atomic mass is 10.0. The normalized spacial score (nSPS) is 17.1. The number of sulfonamides is 1. The van der Waals surface area contributed by atoms with E-state index in [0.29, 0.717) is 12.8 Å². The fraction of sp³-hybridized carbons (Fsp3) is 0.500. The summed E-state index contributed by atoms with van der Waals surface area (Å²) in [4.78, 5) is 14.5. The first-order chi connectivity index (χ1) is 8.99. The highest BCUT2D eigenvalue weighted by atomic mass is 32.2. The van der Waals surface area contributed by atoms with Crippen LogP contribution in [0.15, 0.2) is 18.3 Å². The number of aromatic carboxylic acids is 1. The van der Waals surface area contributed by atoms with Crippen LogP contribution in [0.1, 0.15) is 42.5 Å². The zero-order valence-electron chi connectivity index (χ0n) is 10.4. The van der Waals surface area contributed by atoms with Crippen molar-refractivity contribution in [3.05, 3.63) is 23.9 Å². The van der Waals surface area contributed by atoms with Gasteiger partial charge in [-0.05, 0) is 25.0 Å². The molecule has 1 aromatic heterocycles. The maximum Gasteiger partial charge on any atom is 0.337 e. The van der Waals surface area contributed by atoms with Gasteiger partial charge in [-0.15, -0.1) is 0 Å². The first-order valence-electron chi connectivity index (χ1n) is 6.20. The molecule has 19 heavy (non-hydrogen) atoms. The smallest absolute Gasteiger partial charge is 0.337 e. The number of aromatic nitrogens is 1. The summed E-state index contributed by atoms with van der Waals surface area (Å²) < 4.78 is 26.6. The molecule has 0 unspecified atom stereocenters. The first-order valence-corrected chi connectivity index (χ1v) is 7.74. The van der Waals surface area contributed by atoms with Gasteiger partial charge in [0.05, 0.1) is 10.8 Å². The predicted octanol–water partition coefficient (Wildman–Crippen LogP) is 1.85. The van der Waals surface area contributed by atoms with Gasteiger partial charge in [-0.3, -0.25) is 4.72 Å². The first kappa shape index (κ1) is 13.8. The number of nitrogens with zero attached hydrogens (tertiary/aromatic N) is 1. The van der Waals surface area contributed by atoms with Crippen molar-refractivity contribution in [3.63, 3.8) is 0 Å². The Bertz CT molecular complexity index is 548. The fourth-order valence-electron chi connectivity index (χ4n) is 2.19. The van der Waals surface area contributed by atoms with Gasteiger partial charge in [0.1, 0.15) is 5.82 Å². The van der Waals surface area contributed by atoms with E-state index in [9.17, 15) is 13.2 Å². The molecule has 6 nitrogen and oxygen atoms in total. The molecule has 2 rings (SSSR count). The van der Waals surface area contributed by atoms with Crippen molar-refractivity contribution in [2.45, 2.75) is 37.4 Å². The molecule has 0 atom stereocenters. The average molecular weight is 284 g/mol. The number of pyridine rings is 1. The Labute approximate surface area is 111 Å². The average Bonchev–Trinajstić information content (AvgIpc) is 2.40. The molecular weight excluding hydrogens is 268 g/mol. The lowest BCUT2D eigenvalue weighted by Crippen LogP contribution is -2.30. The highest BCUT2D eigenvalue weighted by Crippen LogP contribution is 2.24. The number of carboxylic acid groups (broad SMARTS) is 1. The minimum atomic E-state index is -3.43. The molecule has 0 saturated heterocycles. The SMILES string of the molecule is O=C(O)c1ccc(NS(=O)(=O)C2CCCCC2)nc1. The Morgan fingerprint density at radius 1 is 1.26 bits per heavy atom. The van der Waals surface area contributed by atoms with Gasteiger partial charge in [0.2, 0.25) is 10.0 Å². The molecule has 0 bridgehead atoms. The minimum Gasteiger partial charge on any atom is -0.478 e. The molecule has 1 aliphatic carbocycles. The molecule has 1 fully saturated rings. The van der Waals surface area contributed by atoms with E-state index in [1.54, 1.807) is 0 Å². The van der Waals surface area contributed by atoms with E-state index < -0.39 is 16.0 Å². The predicted molar refractivity (Wildman–Crippen MR) is 70.6 cm³/mol. The molecular formula is C12H16N2O4S. The van der Waals surface area contributed by atoms with E-state index in [1.165, 1.54) is 12.1 Å². The summed E-state index contributed by atoms with van der Waals surface area (Å²) in [7, 11) is -3.43. The zero-order chi connectivity index (χ0) is 13.9. The van der Waals surface area contributed by atoms with E-state index >= 15 is 0 Å². The largest absolute Gasteiger partial charge is 0.478 e. The number of anilines is 1. The third kappa shape index (κ3) is 3.44. The molecule has 7 heteroatoms. The number of hydrogen-bond donors (Lipinski definition) is 2. The van der Waals surface area contributed by atoms with E-state index in [2.05, 4.69) is 9.71 Å². The molecule has 1 aliphatic rings. The van der Waals surface area contributed by atoms with E-state index in [0.717, 1.165) is 25.5 Å². The monoisotopic (exact) mass is 284 g/mol. The quantitative estimate of drug-likeness (QED) is 0.879. The van der Waals surface area contributed by atoms with Crippen LogP contribution in [0.4, 0.5) is 5.82 Å². The summed E-state index contributed by atoms with van der Waals surface area (Å²) in [6.07, 6.45) is 5.41. The van der Waals surface area contributed by atoms with E-state index in [1.807, 2.05) is 0 Å². The topological polar surface area (TPSA) is 96.4 Å². The van der Waals surface area contributed by atoms with E-state index in [-0.39, 0.29) is 16.6 Å². The number of carboxylic acids is 1.